The van der Waals surface area contributed by atoms with Crippen LogP contribution in [0.5, 0.6) is 5.75 Å². The summed E-state index contributed by atoms with van der Waals surface area (Å²) < 4.78 is 334. The van der Waals surface area contributed by atoms with Crippen molar-refractivity contribution in [1.29, 1.82) is 0 Å². The number of rotatable bonds is 12. The Bertz CT molecular complexity index is 1450. The first kappa shape index (κ1) is 41.4. The lowest BCUT2D eigenvalue weighted by atomic mass is 9.86. The van der Waals surface area contributed by atoms with Crippen molar-refractivity contribution in [3.8, 4) is 5.75 Å². The van der Waals surface area contributed by atoms with Crippen LogP contribution < -0.4 is 4.74 Å². The number of hydrogen-bond acceptors (Lipinski definition) is 3. The van der Waals surface area contributed by atoms with E-state index in [9.17, 15) is 109 Å². The number of allylic oxidation sites excluding steroid dienone is 1. The van der Waals surface area contributed by atoms with Gasteiger partial charge in [0.1, 0.15) is 10.6 Å². The van der Waals surface area contributed by atoms with Crippen LogP contribution in [0.15, 0.2) is 41.0 Å². The molecule has 3 nitrogen and oxygen atoms in total. The van der Waals surface area contributed by atoms with Crippen LogP contribution in [0.3, 0.4) is 0 Å². The Morgan fingerprint density at radius 2 is 0.826 bits per heavy atom. The first-order chi connectivity index (χ1) is 19.8. The van der Waals surface area contributed by atoms with Crippen LogP contribution in [-0.2, 0) is 9.05 Å². The van der Waals surface area contributed by atoms with Gasteiger partial charge in [0, 0.05) is 10.7 Å². The molecule has 0 aliphatic rings. The van der Waals surface area contributed by atoms with E-state index in [1.54, 1.807) is 0 Å². The average Bonchev–Trinajstić information content (AvgIpc) is 2.86. The number of para-hydroxylation sites is 1. The molecule has 1 aromatic rings. The number of alkyl halides is 21. The second kappa shape index (κ2) is 11.2. The molecule has 0 heterocycles. The summed E-state index contributed by atoms with van der Waals surface area (Å²) in [6, 6.07) is -2.46. The minimum atomic E-state index is -9.49. The fraction of sp³-hybridized carbons (Fsp3) is 0.556. The van der Waals surface area contributed by atoms with Crippen LogP contribution in [0, 0.1) is 0 Å². The van der Waals surface area contributed by atoms with Crippen molar-refractivity contribution in [2.24, 2.45) is 0 Å². The van der Waals surface area contributed by atoms with Crippen molar-refractivity contribution in [2.75, 3.05) is 0 Å². The molecule has 28 heteroatoms. The van der Waals surface area contributed by atoms with Crippen molar-refractivity contribution in [3.05, 3.63) is 36.1 Å². The maximum absolute atomic E-state index is 13.9. The van der Waals surface area contributed by atoms with E-state index in [0.29, 0.717) is 12.1 Å². The summed E-state index contributed by atoms with van der Waals surface area (Å²) >= 11 is 0. The van der Waals surface area contributed by atoms with Gasteiger partial charge in [0.05, 0.1) is 0 Å². The van der Waals surface area contributed by atoms with Crippen LogP contribution in [0.4, 0.5) is 101 Å². The van der Waals surface area contributed by atoms with Crippen molar-refractivity contribution in [3.63, 3.8) is 0 Å². The van der Waals surface area contributed by atoms with E-state index in [1.807, 2.05) is 0 Å². The van der Waals surface area contributed by atoms with Crippen molar-refractivity contribution < 1.29 is 114 Å². The summed E-state index contributed by atoms with van der Waals surface area (Å²) in [6.45, 7) is 0. The fourth-order valence-electron chi connectivity index (χ4n) is 2.70. The molecule has 0 aliphatic heterocycles. The average molecular weight is 773 g/mol. The Balaban J connectivity index is 3.85. The summed E-state index contributed by atoms with van der Waals surface area (Å²) in [5.41, 5.74) is 0. The molecule has 0 aliphatic carbocycles. The number of hydrogen-bond donors (Lipinski definition) is 0. The molecule has 1 aromatic carbocycles. The van der Waals surface area contributed by atoms with Crippen molar-refractivity contribution >= 4 is 19.7 Å². The van der Waals surface area contributed by atoms with E-state index in [-0.39, 0.29) is 12.1 Å². The molecule has 0 spiro atoms. The Hall–Kier alpha value is -2.61. The summed E-state index contributed by atoms with van der Waals surface area (Å²) in [6.07, 6.45) is -8.14. The van der Waals surface area contributed by atoms with Gasteiger partial charge in [0.2, 0.25) is 5.83 Å². The second-order valence-electron chi connectivity index (χ2n) is 8.24. The first-order valence-electron chi connectivity index (χ1n) is 10.0. The molecular formula is C18H4ClF23O3S. The van der Waals surface area contributed by atoms with Gasteiger partial charge < -0.3 is 4.74 Å². The topological polar surface area (TPSA) is 43.4 Å². The van der Waals surface area contributed by atoms with Crippen LogP contribution in [0.1, 0.15) is 0 Å². The van der Waals surface area contributed by atoms with Gasteiger partial charge in [-0.1, -0.05) is 12.1 Å². The van der Waals surface area contributed by atoms with Gasteiger partial charge in [-0.15, -0.1) is 0 Å². The molecule has 46 heavy (non-hydrogen) atoms. The van der Waals surface area contributed by atoms with Gasteiger partial charge in [-0.3, -0.25) is 0 Å². The summed E-state index contributed by atoms with van der Waals surface area (Å²) in [5.74, 6) is -88.2. The molecule has 0 bridgehead atoms. The van der Waals surface area contributed by atoms with Gasteiger partial charge in [0.25, 0.3) is 9.05 Å². The van der Waals surface area contributed by atoms with Crippen LogP contribution in [0.2, 0.25) is 0 Å². The van der Waals surface area contributed by atoms with E-state index in [2.05, 4.69) is 4.74 Å². The minimum absolute atomic E-state index is 0.113. The normalized spacial score (nSPS) is 16.3. The SMILES string of the molecule is O=S(=O)(Cl)c1ccccc1OC(F)=C(F)C(F)(F)C(F)(F)C(F)(F)C(F)(F)C(F)(F)C(F)(F)C(F)(F)C(F)(F)C(F)(F)C(F)(F)F. The summed E-state index contributed by atoms with van der Waals surface area (Å²) in [4.78, 5) is -1.57. The zero-order chi connectivity index (χ0) is 37.3. The lowest BCUT2D eigenvalue weighted by Gasteiger charge is -2.44. The largest absolute Gasteiger partial charge is 0.460 e. The lowest BCUT2D eigenvalue weighted by molar-refractivity contribution is -0.473. The monoisotopic (exact) mass is 772 g/mol. The van der Waals surface area contributed by atoms with Gasteiger partial charge in [0.15, 0.2) is 0 Å². The highest BCUT2D eigenvalue weighted by Gasteiger charge is 2.98. The van der Waals surface area contributed by atoms with E-state index in [1.165, 1.54) is 0 Å². The van der Waals surface area contributed by atoms with Crippen LogP contribution >= 0.6 is 10.7 Å². The molecule has 0 N–H and O–H groups in total. The lowest BCUT2D eigenvalue weighted by Crippen LogP contribution is -2.76. The number of ether oxygens (including phenoxy) is 1. The molecule has 268 valence electrons. The van der Waals surface area contributed by atoms with Crippen molar-refractivity contribution in [2.45, 2.75) is 64.4 Å². The highest BCUT2D eigenvalue weighted by atomic mass is 35.7. The fourth-order valence-corrected chi connectivity index (χ4v) is 3.67. The van der Waals surface area contributed by atoms with Crippen molar-refractivity contribution in [1.82, 2.24) is 0 Å². The highest BCUT2D eigenvalue weighted by molar-refractivity contribution is 8.13. The number of halogens is 24. The summed E-state index contributed by atoms with van der Waals surface area (Å²) in [7, 11) is -0.414. The maximum Gasteiger partial charge on any atom is 0.460 e. The quantitative estimate of drug-likeness (QED) is 0.121. The molecule has 0 radical (unpaired) electrons. The van der Waals surface area contributed by atoms with Gasteiger partial charge in [-0.25, -0.2) is 8.42 Å². The van der Waals surface area contributed by atoms with Crippen LogP contribution in [0.25, 0.3) is 0 Å². The van der Waals surface area contributed by atoms with E-state index in [4.69, 9.17) is 10.7 Å². The maximum atomic E-state index is 13.9. The number of benzene rings is 1. The minimum Gasteiger partial charge on any atom is -0.428 e. The Morgan fingerprint density at radius 1 is 0.522 bits per heavy atom. The predicted molar refractivity (Wildman–Crippen MR) is 99.9 cm³/mol. The van der Waals surface area contributed by atoms with Crippen LogP contribution in [-0.4, -0.2) is 67.9 Å². The Morgan fingerprint density at radius 3 is 1.15 bits per heavy atom. The molecule has 0 atom stereocenters. The third kappa shape index (κ3) is 5.64. The van der Waals surface area contributed by atoms with Gasteiger partial charge in [-0.2, -0.15) is 101 Å². The van der Waals surface area contributed by atoms with Gasteiger partial charge >= 0.3 is 65.5 Å². The second-order valence-corrected chi connectivity index (χ2v) is 10.8. The molecule has 0 fully saturated rings. The van der Waals surface area contributed by atoms with E-state index in [0.717, 1.165) is 0 Å². The molecule has 0 saturated carbocycles. The predicted octanol–water partition coefficient (Wildman–Crippen LogP) is 9.38. The standard InChI is InChI=1S/C18H4ClF23O3S/c19-46(43,44)6-4-2-1-3-5(6)45-8(21)7(20)9(22,23)10(24,25)11(26,27)12(28,29)13(30,31)14(32,33)15(34,35)16(36,37)17(38,39)18(40,41)42/h1-4H. The van der Waals surface area contributed by atoms with E-state index < -0.39 is 91.0 Å². The zero-order valence-electron chi connectivity index (χ0n) is 20.0. The van der Waals surface area contributed by atoms with E-state index >= 15 is 0 Å². The Kier molecular flexibility index (Phi) is 10.1. The molecule has 0 aromatic heterocycles. The zero-order valence-corrected chi connectivity index (χ0v) is 21.6. The first-order valence-corrected chi connectivity index (χ1v) is 12.3. The smallest absolute Gasteiger partial charge is 0.428 e. The van der Waals surface area contributed by atoms with Gasteiger partial charge in [-0.05, 0) is 12.1 Å². The third-order valence-electron chi connectivity index (χ3n) is 5.27. The third-order valence-corrected chi connectivity index (χ3v) is 6.63. The molecule has 0 saturated heterocycles. The highest BCUT2D eigenvalue weighted by Crippen LogP contribution is 2.66. The molecule has 0 unspecified atom stereocenters. The molecule has 1 rings (SSSR count). The summed E-state index contributed by atoms with van der Waals surface area (Å²) in [5, 5.41) is 0. The Labute approximate surface area is 240 Å². The molecular weight excluding hydrogens is 769 g/mol. The molecule has 0 amide bonds.